The first-order valence-electron chi connectivity index (χ1n) is 4.06. The van der Waals surface area contributed by atoms with Crippen molar-refractivity contribution in [2.24, 2.45) is 5.92 Å². The van der Waals surface area contributed by atoms with Gasteiger partial charge in [-0.1, -0.05) is 18.4 Å². The van der Waals surface area contributed by atoms with Crippen LogP contribution in [0.25, 0.3) is 0 Å². The Labute approximate surface area is 96.7 Å². The van der Waals surface area contributed by atoms with Crippen LogP contribution in [0.2, 0.25) is 0 Å². The minimum atomic E-state index is -0.347. The molecule has 1 aliphatic carbocycles. The van der Waals surface area contributed by atoms with E-state index in [-0.39, 0.29) is 48.7 Å². The van der Waals surface area contributed by atoms with Crippen LogP contribution >= 0.6 is 0 Å². The number of aliphatic hydroxyl groups is 1. The summed E-state index contributed by atoms with van der Waals surface area (Å²) in [5.41, 5.74) is 0.799. The normalized spacial score (nSPS) is 44.7. The molecule has 2 rings (SSSR count). The van der Waals surface area contributed by atoms with E-state index in [4.69, 9.17) is 4.74 Å². The van der Waals surface area contributed by atoms with E-state index in [1.165, 1.54) is 0 Å². The Morgan fingerprint density at radius 2 is 2.50 bits per heavy atom. The predicted molar refractivity (Wildman–Crippen MR) is 41.7 cm³/mol. The van der Waals surface area contributed by atoms with Gasteiger partial charge >= 0.3 is 0 Å². The molecule has 0 unspecified atom stereocenters. The Morgan fingerprint density at radius 3 is 2.75 bits per heavy atom. The maximum absolute atomic E-state index is 9.73. The first-order valence-corrected chi connectivity index (χ1v) is 4.06. The molecule has 2 bridgehead atoms. The molecule has 0 spiro atoms. The van der Waals surface area contributed by atoms with Crippen molar-refractivity contribution in [2.75, 3.05) is 0 Å². The molecule has 1 heterocycles. The summed E-state index contributed by atoms with van der Waals surface area (Å²) in [7, 11) is 0. The Kier molecular flexibility index (Phi) is 3.11. The van der Waals surface area contributed by atoms with E-state index >= 15 is 0 Å². The number of hydrogen-bond acceptors (Lipinski definition) is 2. The molecule has 3 atom stereocenters. The number of aliphatic hydroxyl groups excluding tert-OH is 1. The zero-order valence-electron chi connectivity index (χ0n) is 7.21. The standard InChI is InChI=1S/C9H13O2.U/c1-3-9-4-6(2)7(5-11-9)8(9)10;/h5,7-8,10H,2-4H2,1H3;/q-1;/t7-,8+,9+;/m0./s1. The minimum Gasteiger partial charge on any atom is -0.545 e. The summed E-state index contributed by atoms with van der Waals surface area (Å²) < 4.78 is 5.44. The van der Waals surface area contributed by atoms with Crippen LogP contribution in [0.3, 0.4) is 0 Å². The smallest absolute Gasteiger partial charge is 0.0628 e. The van der Waals surface area contributed by atoms with Gasteiger partial charge in [-0.05, 0) is 12.8 Å². The molecule has 0 amide bonds. The van der Waals surface area contributed by atoms with Crippen LogP contribution in [0, 0.1) is 43.6 Å². The largest absolute Gasteiger partial charge is 0.545 e. The molecule has 12 heavy (non-hydrogen) atoms. The van der Waals surface area contributed by atoms with Gasteiger partial charge in [0.25, 0.3) is 0 Å². The van der Waals surface area contributed by atoms with E-state index in [0.29, 0.717) is 0 Å². The average Bonchev–Trinajstić information content (AvgIpc) is 2.42. The van der Waals surface area contributed by atoms with Crippen molar-refractivity contribution in [2.45, 2.75) is 31.5 Å². The van der Waals surface area contributed by atoms with Gasteiger partial charge < -0.3 is 9.84 Å². The van der Waals surface area contributed by atoms with Crippen LogP contribution in [0.15, 0.2) is 12.2 Å². The zero-order chi connectivity index (χ0) is 8.06. The Bertz CT molecular complexity index is 205. The third kappa shape index (κ3) is 1.23. The molecule has 2 aliphatic rings. The third-order valence-corrected chi connectivity index (χ3v) is 2.92. The van der Waals surface area contributed by atoms with Gasteiger partial charge in [0.15, 0.2) is 0 Å². The van der Waals surface area contributed by atoms with Crippen LogP contribution in [-0.2, 0) is 4.74 Å². The fourth-order valence-electron chi connectivity index (χ4n) is 2.07. The van der Waals surface area contributed by atoms with E-state index in [1.54, 1.807) is 6.61 Å². The van der Waals surface area contributed by atoms with E-state index < -0.39 is 0 Å². The molecular formula is C9H13O2U-. The molecule has 1 aliphatic heterocycles. The van der Waals surface area contributed by atoms with Crippen LogP contribution in [-0.4, -0.2) is 16.8 Å². The first-order chi connectivity index (χ1) is 5.19. The second-order valence-corrected chi connectivity index (χ2v) is 3.48. The van der Waals surface area contributed by atoms with Gasteiger partial charge in [0, 0.05) is 31.1 Å². The summed E-state index contributed by atoms with van der Waals surface area (Å²) in [6.45, 7) is 7.68. The van der Waals surface area contributed by atoms with E-state index in [0.717, 1.165) is 18.4 Å². The van der Waals surface area contributed by atoms with Gasteiger partial charge in [0.05, 0.1) is 11.7 Å². The first kappa shape index (κ1) is 10.8. The van der Waals surface area contributed by atoms with Crippen molar-refractivity contribution in [1.82, 2.24) is 0 Å². The van der Waals surface area contributed by atoms with E-state index in [9.17, 15) is 5.11 Å². The Hall–Kier alpha value is 0.712. The molecule has 0 aromatic heterocycles. The number of fused-ring (bicyclic) bond motifs is 2. The molecule has 0 aromatic rings. The summed E-state index contributed by atoms with van der Waals surface area (Å²) in [6.07, 6.45) is 1.34. The molecule has 0 aromatic carbocycles. The van der Waals surface area contributed by atoms with Gasteiger partial charge in [-0.3, -0.25) is 0 Å². The molecule has 1 saturated carbocycles. The number of ether oxygens (including phenoxy) is 1. The van der Waals surface area contributed by atoms with E-state index in [1.807, 2.05) is 6.92 Å². The van der Waals surface area contributed by atoms with Crippen molar-refractivity contribution in [3.63, 3.8) is 0 Å². The third-order valence-electron chi connectivity index (χ3n) is 2.92. The second-order valence-electron chi connectivity index (χ2n) is 3.48. The van der Waals surface area contributed by atoms with Gasteiger partial charge in [-0.15, -0.1) is 6.58 Å². The molecular weight excluding hydrogens is 378 g/mol. The summed E-state index contributed by atoms with van der Waals surface area (Å²) in [5.74, 6) is 0.0925. The average molecular weight is 391 g/mol. The monoisotopic (exact) mass is 391 g/mol. The maximum Gasteiger partial charge on any atom is 0.0628 e. The zero-order valence-corrected chi connectivity index (χ0v) is 11.4. The molecule has 2 nitrogen and oxygen atoms in total. The van der Waals surface area contributed by atoms with Gasteiger partial charge in [-0.2, -0.15) is 0 Å². The molecule has 1 saturated heterocycles. The second kappa shape index (κ2) is 3.46. The van der Waals surface area contributed by atoms with Crippen LogP contribution in [0.5, 0.6) is 0 Å². The SMILES string of the molecule is C=C1C[C@@]2(CC)O[CH-][C@@H]1[C@H]2O.[U]. The molecule has 0 radical (unpaired) electrons. The van der Waals surface area contributed by atoms with Gasteiger partial charge in [0.2, 0.25) is 0 Å². The van der Waals surface area contributed by atoms with Gasteiger partial charge in [-0.25, -0.2) is 6.61 Å². The molecule has 1 N–H and O–H groups in total. The van der Waals surface area contributed by atoms with Crippen molar-refractivity contribution in [1.29, 1.82) is 0 Å². The fraction of sp³-hybridized carbons (Fsp3) is 0.667. The van der Waals surface area contributed by atoms with Crippen LogP contribution in [0.4, 0.5) is 0 Å². The number of hydrogen-bond donors (Lipinski definition) is 1. The molecule has 2 fully saturated rings. The predicted octanol–water partition coefficient (Wildman–Crippen LogP) is 1.26. The fourth-order valence-corrected chi connectivity index (χ4v) is 2.07. The quantitative estimate of drug-likeness (QED) is 0.539. The van der Waals surface area contributed by atoms with Crippen molar-refractivity contribution < 1.29 is 41.0 Å². The number of rotatable bonds is 1. The van der Waals surface area contributed by atoms with Crippen LogP contribution < -0.4 is 0 Å². The van der Waals surface area contributed by atoms with Gasteiger partial charge in [0.1, 0.15) is 0 Å². The molecule has 66 valence electrons. The Balaban J connectivity index is 0.000000720. The summed E-state index contributed by atoms with van der Waals surface area (Å²) in [6, 6.07) is 0. The minimum absolute atomic E-state index is 0. The topological polar surface area (TPSA) is 29.5 Å². The summed E-state index contributed by atoms with van der Waals surface area (Å²) >= 11 is 0. The van der Waals surface area contributed by atoms with Crippen molar-refractivity contribution in [3.8, 4) is 0 Å². The Morgan fingerprint density at radius 1 is 1.83 bits per heavy atom. The molecule has 3 heteroatoms. The maximum atomic E-state index is 9.73. The summed E-state index contributed by atoms with van der Waals surface area (Å²) in [4.78, 5) is 0. The van der Waals surface area contributed by atoms with Crippen molar-refractivity contribution >= 4 is 0 Å². The van der Waals surface area contributed by atoms with Crippen LogP contribution in [0.1, 0.15) is 19.8 Å². The van der Waals surface area contributed by atoms with Crippen molar-refractivity contribution in [3.05, 3.63) is 18.8 Å². The van der Waals surface area contributed by atoms with E-state index in [2.05, 4.69) is 6.58 Å². The summed E-state index contributed by atoms with van der Waals surface area (Å²) in [5, 5.41) is 9.73.